The highest BCUT2D eigenvalue weighted by Gasteiger charge is 2.20. The van der Waals surface area contributed by atoms with Gasteiger partial charge in [-0.25, -0.2) is 10.4 Å². The van der Waals surface area contributed by atoms with Crippen molar-refractivity contribution < 1.29 is 9.53 Å². The van der Waals surface area contributed by atoms with Crippen LogP contribution in [-0.2, 0) is 4.79 Å². The molecule has 1 unspecified atom stereocenters. The van der Waals surface area contributed by atoms with Crippen molar-refractivity contribution in [2.45, 2.75) is 19.1 Å². The van der Waals surface area contributed by atoms with E-state index in [4.69, 9.17) is 4.74 Å². The number of amides is 1. The molecule has 0 fully saturated rings. The first-order chi connectivity index (χ1) is 9.19. The van der Waals surface area contributed by atoms with Crippen molar-refractivity contribution in [3.63, 3.8) is 0 Å². The molecular formula is C13H15N3O2S. The molecule has 100 valence electrons. The zero-order chi connectivity index (χ0) is 13.7. The minimum Gasteiger partial charge on any atom is -0.494 e. The first-order valence-corrected chi connectivity index (χ1v) is 6.88. The van der Waals surface area contributed by atoms with Crippen molar-refractivity contribution in [1.82, 2.24) is 5.43 Å². The van der Waals surface area contributed by atoms with Crippen LogP contribution in [0.4, 0.5) is 0 Å². The lowest BCUT2D eigenvalue weighted by molar-refractivity contribution is -0.120. The van der Waals surface area contributed by atoms with Crippen LogP contribution < -0.4 is 10.2 Å². The smallest absolute Gasteiger partial charge is 0.253 e. The van der Waals surface area contributed by atoms with Gasteiger partial charge in [-0.15, -0.1) is 5.10 Å². The van der Waals surface area contributed by atoms with Crippen LogP contribution >= 0.6 is 11.8 Å². The Kier molecular flexibility index (Phi) is 4.57. The minimum atomic E-state index is -0.162. The summed E-state index contributed by atoms with van der Waals surface area (Å²) < 4.78 is 5.36. The number of thioether (sulfide) groups is 1. The zero-order valence-electron chi connectivity index (χ0n) is 10.8. The van der Waals surface area contributed by atoms with Gasteiger partial charge in [0.25, 0.3) is 5.91 Å². The largest absolute Gasteiger partial charge is 0.494 e. The molecular weight excluding hydrogens is 262 g/mol. The Morgan fingerprint density at radius 1 is 1.47 bits per heavy atom. The van der Waals surface area contributed by atoms with Crippen LogP contribution in [0, 0.1) is 0 Å². The Morgan fingerprint density at radius 2 is 2.21 bits per heavy atom. The third kappa shape index (κ3) is 3.82. The second kappa shape index (κ2) is 6.38. The van der Waals surface area contributed by atoms with E-state index in [9.17, 15) is 4.79 Å². The lowest BCUT2D eigenvalue weighted by atomic mass is 10.2. The monoisotopic (exact) mass is 277 g/mol. The van der Waals surface area contributed by atoms with Crippen LogP contribution in [0.25, 0.3) is 0 Å². The lowest BCUT2D eigenvalue weighted by Gasteiger charge is -2.13. The van der Waals surface area contributed by atoms with E-state index < -0.39 is 0 Å². The molecule has 0 bridgehead atoms. The molecule has 0 radical (unpaired) electrons. The summed E-state index contributed by atoms with van der Waals surface area (Å²) in [5.41, 5.74) is 3.39. The van der Waals surface area contributed by atoms with Gasteiger partial charge in [-0.2, -0.15) is 0 Å². The second-order valence-corrected chi connectivity index (χ2v) is 5.20. The highest BCUT2D eigenvalue weighted by molar-refractivity contribution is 8.15. The highest BCUT2D eigenvalue weighted by Crippen LogP contribution is 2.17. The van der Waals surface area contributed by atoms with Gasteiger partial charge in [0.2, 0.25) is 5.17 Å². The van der Waals surface area contributed by atoms with Crippen molar-refractivity contribution in [2.24, 2.45) is 10.1 Å². The maximum absolute atomic E-state index is 11.2. The van der Waals surface area contributed by atoms with Crippen molar-refractivity contribution in [2.75, 3.05) is 6.61 Å². The average molecular weight is 277 g/mol. The van der Waals surface area contributed by atoms with Crippen LogP contribution in [0.2, 0.25) is 0 Å². The summed E-state index contributed by atoms with van der Waals surface area (Å²) in [5.74, 6) is 0.745. The third-order valence-electron chi connectivity index (χ3n) is 2.43. The average Bonchev–Trinajstić information content (AvgIpc) is 2.42. The molecule has 1 amide bonds. The predicted molar refractivity (Wildman–Crippen MR) is 77.8 cm³/mol. The normalized spacial score (nSPS) is 19.2. The number of hydrogen-bond donors (Lipinski definition) is 1. The molecule has 1 aromatic rings. The van der Waals surface area contributed by atoms with Crippen molar-refractivity contribution >= 4 is 29.1 Å². The number of carbonyl (C=O) groups is 1. The van der Waals surface area contributed by atoms with Gasteiger partial charge in [0.15, 0.2) is 0 Å². The summed E-state index contributed by atoms with van der Waals surface area (Å²) in [7, 11) is 0. The number of carbonyl (C=O) groups excluding carboxylic acids is 1. The highest BCUT2D eigenvalue weighted by atomic mass is 32.2. The molecule has 1 atom stereocenters. The van der Waals surface area contributed by atoms with Gasteiger partial charge < -0.3 is 4.74 Å². The minimum absolute atomic E-state index is 0.0926. The van der Waals surface area contributed by atoms with E-state index in [2.05, 4.69) is 15.5 Å². The summed E-state index contributed by atoms with van der Waals surface area (Å²) in [6.45, 7) is 4.42. The van der Waals surface area contributed by atoms with Crippen molar-refractivity contribution in [3.05, 3.63) is 29.8 Å². The van der Waals surface area contributed by atoms with E-state index in [1.807, 2.05) is 38.1 Å². The molecule has 1 heterocycles. The number of rotatable bonds is 3. The Bertz CT molecular complexity index is 511. The number of benzene rings is 1. The Hall–Kier alpha value is -1.82. The zero-order valence-corrected chi connectivity index (χ0v) is 11.6. The third-order valence-corrected chi connectivity index (χ3v) is 3.40. The molecule has 0 saturated heterocycles. The summed E-state index contributed by atoms with van der Waals surface area (Å²) >= 11 is 1.34. The molecule has 0 spiro atoms. The van der Waals surface area contributed by atoms with Crippen LogP contribution in [-0.4, -0.2) is 29.1 Å². The van der Waals surface area contributed by atoms with Crippen LogP contribution in [0.5, 0.6) is 5.75 Å². The molecule has 19 heavy (non-hydrogen) atoms. The van der Waals surface area contributed by atoms with Gasteiger partial charge in [-0.05, 0) is 43.7 Å². The lowest BCUT2D eigenvalue weighted by Crippen LogP contribution is -2.32. The molecule has 6 heteroatoms. The van der Waals surface area contributed by atoms with Gasteiger partial charge in [0, 0.05) is 6.21 Å². The fourth-order valence-corrected chi connectivity index (χ4v) is 2.13. The number of nitrogens with one attached hydrogen (secondary N) is 1. The molecule has 0 saturated carbocycles. The SMILES string of the molecule is CCOc1ccc(/C=N/C2=NNC(=O)C(C)S2)cc1. The molecule has 2 rings (SSSR count). The topological polar surface area (TPSA) is 63.1 Å². The molecule has 5 nitrogen and oxygen atoms in total. The second-order valence-electron chi connectivity index (χ2n) is 3.89. The predicted octanol–water partition coefficient (Wildman–Crippen LogP) is 2.03. The van der Waals surface area contributed by atoms with Crippen LogP contribution in [0.1, 0.15) is 19.4 Å². The number of aliphatic imine (C=N–C) groups is 1. The van der Waals surface area contributed by atoms with Gasteiger partial charge in [0.05, 0.1) is 11.9 Å². The number of ether oxygens (including phenoxy) is 1. The van der Waals surface area contributed by atoms with Crippen molar-refractivity contribution in [1.29, 1.82) is 0 Å². The maximum atomic E-state index is 11.2. The maximum Gasteiger partial charge on any atom is 0.253 e. The van der Waals surface area contributed by atoms with Crippen LogP contribution in [0.3, 0.4) is 0 Å². The quantitative estimate of drug-likeness (QED) is 0.860. The molecule has 0 aliphatic carbocycles. The summed E-state index contributed by atoms with van der Waals surface area (Å²) in [6.07, 6.45) is 1.71. The first-order valence-electron chi connectivity index (χ1n) is 6.00. The standard InChI is InChI=1S/C13H15N3O2S/c1-3-18-11-6-4-10(5-7-11)8-14-13-16-15-12(17)9(2)19-13/h4-9H,3H2,1-2H3,(H,15,17)/b14-8+. The van der Waals surface area contributed by atoms with Crippen molar-refractivity contribution in [3.8, 4) is 5.75 Å². The van der Waals surface area contributed by atoms with E-state index >= 15 is 0 Å². The number of hydrazone groups is 1. The van der Waals surface area contributed by atoms with E-state index in [-0.39, 0.29) is 11.2 Å². The Balaban J connectivity index is 2.00. The van der Waals surface area contributed by atoms with E-state index in [0.29, 0.717) is 11.8 Å². The Morgan fingerprint density at radius 3 is 2.84 bits per heavy atom. The summed E-state index contributed by atoms with van der Waals surface area (Å²) in [4.78, 5) is 15.5. The van der Waals surface area contributed by atoms with Crippen LogP contribution in [0.15, 0.2) is 34.4 Å². The summed E-state index contributed by atoms with van der Waals surface area (Å²) in [6, 6.07) is 7.63. The summed E-state index contributed by atoms with van der Waals surface area (Å²) in [5, 5.41) is 4.27. The van der Waals surface area contributed by atoms with E-state index in [1.165, 1.54) is 11.8 Å². The number of hydrogen-bond acceptors (Lipinski definition) is 5. The van der Waals surface area contributed by atoms with Gasteiger partial charge >= 0.3 is 0 Å². The van der Waals surface area contributed by atoms with Gasteiger partial charge in [0.1, 0.15) is 5.75 Å². The van der Waals surface area contributed by atoms with Gasteiger partial charge in [-0.3, -0.25) is 4.79 Å². The molecule has 1 aliphatic heterocycles. The molecule has 1 N–H and O–H groups in total. The Labute approximate surface area is 116 Å². The molecule has 1 aromatic carbocycles. The molecule has 1 aliphatic rings. The fraction of sp³-hybridized carbons (Fsp3) is 0.308. The first kappa shape index (κ1) is 13.6. The van der Waals surface area contributed by atoms with Gasteiger partial charge in [-0.1, -0.05) is 11.8 Å². The fourth-order valence-electron chi connectivity index (χ4n) is 1.44. The number of amidine groups is 1. The van der Waals surface area contributed by atoms with E-state index in [1.54, 1.807) is 6.21 Å². The van der Waals surface area contributed by atoms with E-state index in [0.717, 1.165) is 11.3 Å². The molecule has 0 aromatic heterocycles. The number of nitrogens with zero attached hydrogens (tertiary/aromatic N) is 2.